The summed E-state index contributed by atoms with van der Waals surface area (Å²) in [5.74, 6) is -2.42. The fourth-order valence-corrected chi connectivity index (χ4v) is 3.46. The van der Waals surface area contributed by atoms with Crippen LogP contribution < -0.4 is 10.9 Å². The van der Waals surface area contributed by atoms with Crippen molar-refractivity contribution in [3.8, 4) is 17.0 Å². The third-order valence-electron chi connectivity index (χ3n) is 4.94. The molecule has 3 aromatic rings. The second-order valence-electron chi connectivity index (χ2n) is 6.52. The quantitative estimate of drug-likeness (QED) is 0.487. The Morgan fingerprint density at radius 3 is 2.59 bits per heavy atom. The van der Waals surface area contributed by atoms with Crippen LogP contribution in [0, 0.1) is 5.82 Å². The molecule has 0 atom stereocenters. The van der Waals surface area contributed by atoms with Crippen LogP contribution in [0.3, 0.4) is 0 Å². The first-order chi connectivity index (χ1) is 13.3. The lowest BCUT2D eigenvalue weighted by molar-refractivity contribution is 0.0691. The molecule has 0 bridgehead atoms. The number of aromatic hydroxyl groups is 1. The lowest BCUT2D eigenvalue weighted by atomic mass is 9.99. The summed E-state index contributed by atoms with van der Waals surface area (Å²) in [5, 5.41) is 23.0. The van der Waals surface area contributed by atoms with E-state index in [1.165, 1.54) is 0 Å². The maximum Gasteiger partial charge on any atom is 0.345 e. The first-order valence-corrected chi connectivity index (χ1v) is 9.01. The predicted octanol–water partition coefficient (Wildman–Crippen LogP) is 3.17. The maximum atomic E-state index is 15.0. The number of carbonyl (C=O) groups is 1. The molecule has 29 heavy (non-hydrogen) atoms. The second kappa shape index (κ2) is 8.67. The largest absolute Gasteiger partial charge is 0.506 e. The van der Waals surface area contributed by atoms with Gasteiger partial charge in [-0.2, -0.15) is 0 Å². The van der Waals surface area contributed by atoms with E-state index in [4.69, 9.17) is 0 Å². The van der Waals surface area contributed by atoms with Gasteiger partial charge >= 0.3 is 5.97 Å². The van der Waals surface area contributed by atoms with Crippen molar-refractivity contribution in [1.82, 2.24) is 14.9 Å². The van der Waals surface area contributed by atoms with Crippen LogP contribution in [-0.2, 0) is 20.0 Å². The summed E-state index contributed by atoms with van der Waals surface area (Å²) in [6.45, 7) is 4.77. The molecule has 0 unspecified atom stereocenters. The minimum Gasteiger partial charge on any atom is -0.506 e. The van der Waals surface area contributed by atoms with Gasteiger partial charge in [-0.25, -0.2) is 9.18 Å². The summed E-state index contributed by atoms with van der Waals surface area (Å²) in [6, 6.07) is 5.05. The van der Waals surface area contributed by atoms with E-state index >= 15 is 0 Å². The van der Waals surface area contributed by atoms with E-state index in [0.29, 0.717) is 47.2 Å². The van der Waals surface area contributed by atoms with Gasteiger partial charge in [-0.3, -0.25) is 4.79 Å². The van der Waals surface area contributed by atoms with Gasteiger partial charge in [0, 0.05) is 24.5 Å². The van der Waals surface area contributed by atoms with Crippen LogP contribution in [-0.4, -0.2) is 32.3 Å². The molecule has 0 aliphatic carbocycles. The van der Waals surface area contributed by atoms with Crippen LogP contribution in [0.1, 0.15) is 35.5 Å². The number of benzene rings is 1. The first kappa shape index (κ1) is 22.4. The van der Waals surface area contributed by atoms with Gasteiger partial charge in [0.2, 0.25) is 0 Å². The number of hydrogen-bond donors (Lipinski definition) is 4. The average Bonchev–Trinajstić information content (AvgIpc) is 2.89. The van der Waals surface area contributed by atoms with E-state index < -0.39 is 22.8 Å². The maximum absolute atomic E-state index is 15.0. The molecule has 4 N–H and O–H groups in total. The zero-order chi connectivity index (χ0) is 20.6. The van der Waals surface area contributed by atoms with Crippen LogP contribution in [0.15, 0.2) is 23.0 Å². The molecule has 0 spiro atoms. The molecule has 0 aliphatic rings. The molecule has 3 rings (SSSR count). The normalized spacial score (nSPS) is 10.9. The molecule has 0 radical (unpaired) electrons. The van der Waals surface area contributed by atoms with Gasteiger partial charge in [0.1, 0.15) is 5.75 Å². The van der Waals surface area contributed by atoms with E-state index in [1.54, 1.807) is 36.7 Å². The Bertz CT molecular complexity index is 1140. The van der Waals surface area contributed by atoms with Gasteiger partial charge in [0.25, 0.3) is 5.56 Å². The van der Waals surface area contributed by atoms with Crippen LogP contribution in [0.25, 0.3) is 22.2 Å². The minimum absolute atomic E-state index is 0. The topological polar surface area (TPSA) is 107 Å². The van der Waals surface area contributed by atoms with Crippen LogP contribution in [0.4, 0.5) is 4.39 Å². The summed E-state index contributed by atoms with van der Waals surface area (Å²) >= 11 is 0. The number of fused-ring (bicyclic) bond motifs is 1. The molecule has 0 fully saturated rings. The molecular weight excluding hydrogens is 401 g/mol. The number of aromatic nitrogens is 2. The number of aromatic carboxylic acids is 1. The van der Waals surface area contributed by atoms with Crippen molar-refractivity contribution in [1.29, 1.82) is 0 Å². The standard InChI is InChI=1S/C20H22FN3O4.ClH/c1-4-11-17(23-19(26)15(18(11)25)20(27)28)10-6-7-13-12(8-10)16(21)14(24(13)3)9-22-5-2;/h6-8,22H,4-5,9H2,1-3H3,(H,27,28)(H2,23,25,26);1H. The van der Waals surface area contributed by atoms with E-state index in [9.17, 15) is 24.2 Å². The van der Waals surface area contributed by atoms with Gasteiger partial charge in [-0.15, -0.1) is 12.4 Å². The Labute approximate surface area is 172 Å². The van der Waals surface area contributed by atoms with E-state index in [1.807, 2.05) is 6.92 Å². The average molecular weight is 424 g/mol. The third kappa shape index (κ3) is 3.73. The number of rotatable bonds is 6. The number of H-pyrrole nitrogens is 1. The number of nitrogens with zero attached hydrogens (tertiary/aromatic N) is 1. The molecule has 156 valence electrons. The fraction of sp³-hybridized carbons (Fsp3) is 0.300. The Balaban J connectivity index is 0.00000300. The number of nitrogens with one attached hydrogen (secondary N) is 2. The van der Waals surface area contributed by atoms with Crippen LogP contribution in [0.2, 0.25) is 0 Å². The van der Waals surface area contributed by atoms with Gasteiger partial charge in [0.05, 0.1) is 16.9 Å². The zero-order valence-corrected chi connectivity index (χ0v) is 17.1. The number of aryl methyl sites for hydroxylation is 1. The highest BCUT2D eigenvalue weighted by molar-refractivity contribution is 5.93. The van der Waals surface area contributed by atoms with Crippen molar-refractivity contribution in [2.75, 3.05) is 6.54 Å². The molecule has 7 nitrogen and oxygen atoms in total. The van der Waals surface area contributed by atoms with Crippen molar-refractivity contribution >= 4 is 29.3 Å². The zero-order valence-electron chi connectivity index (χ0n) is 16.3. The third-order valence-corrected chi connectivity index (χ3v) is 4.94. The van der Waals surface area contributed by atoms with Gasteiger partial charge in [-0.1, -0.05) is 19.9 Å². The Morgan fingerprint density at radius 1 is 1.31 bits per heavy atom. The lowest BCUT2D eigenvalue weighted by Crippen LogP contribution is -2.20. The minimum atomic E-state index is -1.50. The highest BCUT2D eigenvalue weighted by Crippen LogP contribution is 2.33. The molecule has 2 heterocycles. The monoisotopic (exact) mass is 423 g/mol. The van der Waals surface area contributed by atoms with Crippen molar-refractivity contribution in [2.24, 2.45) is 7.05 Å². The molecule has 0 saturated heterocycles. The summed E-state index contributed by atoms with van der Waals surface area (Å²) in [4.78, 5) is 26.0. The number of aromatic amines is 1. The predicted molar refractivity (Wildman–Crippen MR) is 112 cm³/mol. The summed E-state index contributed by atoms with van der Waals surface area (Å²) in [6.07, 6.45) is 0.291. The van der Waals surface area contributed by atoms with Gasteiger partial charge in [-0.05, 0) is 30.7 Å². The molecule has 1 aromatic carbocycles. The summed E-state index contributed by atoms with van der Waals surface area (Å²) in [5.41, 5.74) is 0.685. The molecular formula is C20H23ClFN3O4. The number of pyridine rings is 1. The molecule has 9 heteroatoms. The number of halogens is 2. The van der Waals surface area contributed by atoms with Crippen molar-refractivity contribution in [3.05, 3.63) is 51.2 Å². The number of carboxylic acid groups (broad SMARTS) is 1. The fourth-order valence-electron chi connectivity index (χ4n) is 3.46. The molecule has 2 aromatic heterocycles. The molecule has 0 aliphatic heterocycles. The van der Waals surface area contributed by atoms with Crippen molar-refractivity contribution in [3.63, 3.8) is 0 Å². The Kier molecular flexibility index (Phi) is 6.71. The summed E-state index contributed by atoms with van der Waals surface area (Å²) < 4.78 is 16.7. The van der Waals surface area contributed by atoms with E-state index in [0.717, 1.165) is 0 Å². The lowest BCUT2D eigenvalue weighted by Gasteiger charge is -2.12. The van der Waals surface area contributed by atoms with Crippen LogP contribution >= 0.6 is 12.4 Å². The molecule has 0 amide bonds. The number of carboxylic acids is 1. The SMILES string of the molecule is CCNCc1c(F)c2cc(-c3[nH]c(=O)c(C(=O)O)c(O)c3CC)ccc2n1C.Cl. The van der Waals surface area contributed by atoms with E-state index in [2.05, 4.69) is 10.3 Å². The highest BCUT2D eigenvalue weighted by Gasteiger charge is 2.23. The van der Waals surface area contributed by atoms with E-state index in [-0.39, 0.29) is 23.9 Å². The summed E-state index contributed by atoms with van der Waals surface area (Å²) in [7, 11) is 1.78. The van der Waals surface area contributed by atoms with Crippen molar-refractivity contribution < 1.29 is 19.4 Å². The highest BCUT2D eigenvalue weighted by atomic mass is 35.5. The molecule has 0 saturated carbocycles. The Morgan fingerprint density at radius 2 is 2.00 bits per heavy atom. The van der Waals surface area contributed by atoms with Crippen LogP contribution in [0.5, 0.6) is 5.75 Å². The van der Waals surface area contributed by atoms with Gasteiger partial charge < -0.3 is 25.1 Å². The van der Waals surface area contributed by atoms with Gasteiger partial charge in [0.15, 0.2) is 11.4 Å². The Hall–Kier alpha value is -2.84. The second-order valence-corrected chi connectivity index (χ2v) is 6.52. The first-order valence-electron chi connectivity index (χ1n) is 9.01. The smallest absolute Gasteiger partial charge is 0.345 e. The van der Waals surface area contributed by atoms with Crippen molar-refractivity contribution in [2.45, 2.75) is 26.8 Å². The number of hydrogen-bond acceptors (Lipinski definition) is 4.